The molecule has 4 rings (SSSR count). The molecule has 1 heterocycles. The number of fused-ring (bicyclic) bond motifs is 2. The minimum atomic E-state index is -0.292. The first-order chi connectivity index (χ1) is 13.2. The van der Waals surface area contributed by atoms with E-state index in [1.807, 2.05) is 31.2 Å². The number of carbonyl (C=O) groups excluding carboxylic acids is 2. The summed E-state index contributed by atoms with van der Waals surface area (Å²) in [7, 11) is 0. The largest absolute Gasteiger partial charge is 0.321 e. The second kappa shape index (κ2) is 6.78. The molecule has 0 aliphatic heterocycles. The Kier molecular flexibility index (Phi) is 4.30. The van der Waals surface area contributed by atoms with Gasteiger partial charge in [-0.1, -0.05) is 55.1 Å². The van der Waals surface area contributed by atoms with Crippen LogP contribution in [-0.2, 0) is 4.79 Å². The van der Waals surface area contributed by atoms with Crippen molar-refractivity contribution in [2.75, 3.05) is 5.32 Å². The fourth-order valence-electron chi connectivity index (χ4n) is 3.29. The smallest absolute Gasteiger partial charge is 0.255 e. The minimum absolute atomic E-state index is 0.0977. The second-order valence-electron chi connectivity index (χ2n) is 6.08. The Labute approximate surface area is 160 Å². The van der Waals surface area contributed by atoms with E-state index in [0.717, 1.165) is 21.3 Å². The summed E-state index contributed by atoms with van der Waals surface area (Å²) >= 11 is 1.36. The number of nitrogens with one attached hydrogen (secondary N) is 1. The summed E-state index contributed by atoms with van der Waals surface area (Å²) in [5.74, 6) is -0.389. The number of anilines is 1. The Morgan fingerprint density at radius 3 is 2.70 bits per heavy atom. The number of ketones is 1. The molecule has 27 heavy (non-hydrogen) atoms. The molecule has 2 aromatic carbocycles. The molecule has 0 saturated carbocycles. The van der Waals surface area contributed by atoms with E-state index in [4.69, 9.17) is 0 Å². The number of carbonyl (C=O) groups is 2. The first-order valence-corrected chi connectivity index (χ1v) is 9.26. The van der Waals surface area contributed by atoms with E-state index in [1.54, 1.807) is 36.4 Å². The van der Waals surface area contributed by atoms with Crippen LogP contribution >= 0.6 is 11.5 Å². The lowest BCUT2D eigenvalue weighted by Gasteiger charge is -2.18. The van der Waals surface area contributed by atoms with Gasteiger partial charge in [-0.2, -0.15) is 4.37 Å². The third-order valence-electron chi connectivity index (χ3n) is 4.45. The summed E-state index contributed by atoms with van der Waals surface area (Å²) < 4.78 is 5.48. The Morgan fingerprint density at radius 1 is 1.19 bits per heavy atom. The highest BCUT2D eigenvalue weighted by Crippen LogP contribution is 2.43. The number of rotatable bonds is 4. The van der Waals surface area contributed by atoms with E-state index in [1.165, 1.54) is 11.5 Å². The molecule has 1 aromatic heterocycles. The first kappa shape index (κ1) is 17.1. The van der Waals surface area contributed by atoms with Gasteiger partial charge >= 0.3 is 0 Å². The normalized spacial score (nSPS) is 13.1. The zero-order chi connectivity index (χ0) is 19.0. The van der Waals surface area contributed by atoms with Crippen LogP contribution in [0.25, 0.3) is 21.3 Å². The van der Waals surface area contributed by atoms with Crippen LogP contribution in [-0.4, -0.2) is 16.1 Å². The van der Waals surface area contributed by atoms with Crippen LogP contribution in [0.2, 0.25) is 0 Å². The van der Waals surface area contributed by atoms with Crippen LogP contribution in [0.1, 0.15) is 22.8 Å². The van der Waals surface area contributed by atoms with Crippen molar-refractivity contribution in [2.45, 2.75) is 6.92 Å². The highest BCUT2D eigenvalue weighted by atomic mass is 32.1. The van der Waals surface area contributed by atoms with E-state index in [0.29, 0.717) is 22.4 Å². The van der Waals surface area contributed by atoms with Crippen LogP contribution in [0, 0.1) is 0 Å². The van der Waals surface area contributed by atoms with Gasteiger partial charge in [0.2, 0.25) is 0 Å². The van der Waals surface area contributed by atoms with Crippen molar-refractivity contribution in [3.05, 3.63) is 84.0 Å². The molecule has 0 bridgehead atoms. The molecule has 0 saturated heterocycles. The number of allylic oxidation sites excluding steroid dienone is 3. The van der Waals surface area contributed by atoms with Crippen molar-refractivity contribution in [2.24, 2.45) is 0 Å². The summed E-state index contributed by atoms with van der Waals surface area (Å²) in [6, 6.07) is 11.1. The maximum atomic E-state index is 13.2. The Hall–Kier alpha value is -3.31. The highest BCUT2D eigenvalue weighted by Gasteiger charge is 2.30. The molecule has 4 nitrogen and oxygen atoms in total. The molecular formula is C22H16N2O2S. The lowest BCUT2D eigenvalue weighted by Crippen LogP contribution is -2.18. The molecule has 1 N–H and O–H groups in total. The SMILES string of the molecule is C=C/C=C(\C=C/C)C(=O)Nc1ccc2snc3c2c1C(=O)c1ccccc1-3. The van der Waals surface area contributed by atoms with Gasteiger partial charge in [0.25, 0.3) is 5.91 Å². The zero-order valence-corrected chi connectivity index (χ0v) is 15.5. The van der Waals surface area contributed by atoms with Gasteiger partial charge in [-0.3, -0.25) is 9.59 Å². The van der Waals surface area contributed by atoms with Crippen LogP contribution in [0.5, 0.6) is 0 Å². The first-order valence-electron chi connectivity index (χ1n) is 8.49. The Balaban J connectivity index is 1.87. The number of nitrogens with zero attached hydrogens (tertiary/aromatic N) is 1. The van der Waals surface area contributed by atoms with Gasteiger partial charge in [-0.05, 0) is 30.6 Å². The molecule has 0 spiro atoms. The molecule has 1 aliphatic rings. The van der Waals surface area contributed by atoms with E-state index in [2.05, 4.69) is 16.3 Å². The van der Waals surface area contributed by atoms with Crippen molar-refractivity contribution in [3.63, 3.8) is 0 Å². The topological polar surface area (TPSA) is 59.1 Å². The molecule has 0 atom stereocenters. The summed E-state index contributed by atoms with van der Waals surface area (Å²) in [6.45, 7) is 5.48. The van der Waals surface area contributed by atoms with Crippen LogP contribution in [0.4, 0.5) is 5.69 Å². The summed E-state index contributed by atoms with van der Waals surface area (Å²) in [4.78, 5) is 25.9. The van der Waals surface area contributed by atoms with Crippen molar-refractivity contribution in [3.8, 4) is 11.3 Å². The number of amides is 1. The average Bonchev–Trinajstić information content (AvgIpc) is 3.11. The maximum absolute atomic E-state index is 13.2. The maximum Gasteiger partial charge on any atom is 0.255 e. The zero-order valence-electron chi connectivity index (χ0n) is 14.7. The number of hydrogen-bond donors (Lipinski definition) is 1. The standard InChI is InChI=1S/C22H16N2O2S/c1-3-7-13(8-4-2)22(26)23-16-11-12-17-19-18(16)21(25)15-10-6-5-9-14(15)20(19)24-27-17/h3-12H,1H2,2H3,(H,23,26)/b8-4-,13-7+. The van der Waals surface area contributed by atoms with Gasteiger partial charge in [0.1, 0.15) is 0 Å². The molecule has 3 aromatic rings. The summed E-state index contributed by atoms with van der Waals surface area (Å²) in [5.41, 5.74) is 3.70. The van der Waals surface area contributed by atoms with Gasteiger partial charge in [-0.15, -0.1) is 0 Å². The van der Waals surface area contributed by atoms with Gasteiger partial charge in [-0.25, -0.2) is 0 Å². The van der Waals surface area contributed by atoms with Crippen molar-refractivity contribution in [1.29, 1.82) is 0 Å². The quantitative estimate of drug-likeness (QED) is 0.399. The molecule has 0 unspecified atom stereocenters. The number of aromatic nitrogens is 1. The molecule has 0 fully saturated rings. The van der Waals surface area contributed by atoms with Gasteiger partial charge in [0.05, 0.1) is 21.6 Å². The lowest BCUT2D eigenvalue weighted by atomic mass is 9.86. The van der Waals surface area contributed by atoms with E-state index in [-0.39, 0.29) is 11.7 Å². The molecule has 5 heteroatoms. The number of hydrogen-bond acceptors (Lipinski definition) is 4. The van der Waals surface area contributed by atoms with E-state index < -0.39 is 0 Å². The van der Waals surface area contributed by atoms with Gasteiger partial charge < -0.3 is 5.32 Å². The number of benzene rings is 2. The van der Waals surface area contributed by atoms with Gasteiger partial charge in [0, 0.05) is 22.1 Å². The minimum Gasteiger partial charge on any atom is -0.321 e. The van der Waals surface area contributed by atoms with Gasteiger partial charge in [0.15, 0.2) is 5.78 Å². The molecule has 1 aliphatic carbocycles. The molecule has 1 amide bonds. The van der Waals surface area contributed by atoms with E-state index in [9.17, 15) is 9.59 Å². The predicted octanol–water partition coefficient (Wildman–Crippen LogP) is 5.13. The van der Waals surface area contributed by atoms with Crippen molar-refractivity contribution < 1.29 is 9.59 Å². The summed E-state index contributed by atoms with van der Waals surface area (Å²) in [5, 5.41) is 3.69. The van der Waals surface area contributed by atoms with Crippen molar-refractivity contribution in [1.82, 2.24) is 4.37 Å². The van der Waals surface area contributed by atoms with E-state index >= 15 is 0 Å². The van der Waals surface area contributed by atoms with Crippen LogP contribution in [0.3, 0.4) is 0 Å². The Bertz CT molecular complexity index is 1170. The van der Waals surface area contributed by atoms with Crippen LogP contribution in [0.15, 0.2) is 72.9 Å². The third kappa shape index (κ3) is 2.73. The molecular weight excluding hydrogens is 356 g/mol. The predicted molar refractivity (Wildman–Crippen MR) is 110 cm³/mol. The molecule has 0 radical (unpaired) electrons. The molecule has 132 valence electrons. The van der Waals surface area contributed by atoms with Crippen LogP contribution < -0.4 is 5.32 Å². The third-order valence-corrected chi connectivity index (χ3v) is 5.26. The lowest BCUT2D eigenvalue weighted by molar-refractivity contribution is -0.112. The second-order valence-corrected chi connectivity index (χ2v) is 6.88. The monoisotopic (exact) mass is 372 g/mol. The Morgan fingerprint density at radius 2 is 1.96 bits per heavy atom. The summed E-state index contributed by atoms with van der Waals surface area (Å²) in [6.07, 6.45) is 6.68. The fraction of sp³-hybridized carbons (Fsp3) is 0.0455. The fourth-order valence-corrected chi connectivity index (χ4v) is 4.09. The highest BCUT2D eigenvalue weighted by molar-refractivity contribution is 7.13. The average molecular weight is 372 g/mol. The van der Waals surface area contributed by atoms with Crippen molar-refractivity contribution >= 4 is 39.0 Å².